The van der Waals surface area contributed by atoms with Crippen molar-refractivity contribution in [2.45, 2.75) is 18.6 Å². The second-order valence-corrected chi connectivity index (χ2v) is 10.2. The van der Waals surface area contributed by atoms with Gasteiger partial charge in [-0.1, -0.05) is 11.6 Å². The largest absolute Gasteiger partial charge is 0.549 e. The molecule has 33 heavy (non-hydrogen) atoms. The average molecular weight is 491 g/mol. The quantitative estimate of drug-likeness (QED) is 0.461. The zero-order valence-electron chi connectivity index (χ0n) is 17.8. The molecular weight excluding hydrogens is 469 g/mol. The molecule has 2 aromatic carbocycles. The van der Waals surface area contributed by atoms with Gasteiger partial charge in [-0.25, -0.2) is 4.67 Å². The molecule has 3 atom stereocenters. The summed E-state index contributed by atoms with van der Waals surface area (Å²) in [6.45, 7) is -0.584. The van der Waals surface area contributed by atoms with E-state index in [9.17, 15) is 14.5 Å². The number of nitrogens with zero attached hydrogens (tertiary/aromatic N) is 1. The maximum atomic E-state index is 14.3. The Hall–Kier alpha value is -2.61. The minimum atomic E-state index is -3.83. The van der Waals surface area contributed by atoms with Gasteiger partial charge >= 0.3 is 7.52 Å². The van der Waals surface area contributed by atoms with Gasteiger partial charge in [-0.3, -0.25) is 4.57 Å². The zero-order chi connectivity index (χ0) is 23.4. The Bertz CT molecular complexity index is 1120. The number of ether oxygens (including phenoxy) is 2. The minimum absolute atomic E-state index is 0.0254. The first-order chi connectivity index (χ1) is 15.9. The van der Waals surface area contributed by atoms with Crippen LogP contribution in [-0.4, -0.2) is 37.0 Å². The second-order valence-electron chi connectivity index (χ2n) is 7.46. The molecule has 2 heterocycles. The fraction of sp³-hybridized carbons (Fsp3) is 0.261. The summed E-state index contributed by atoms with van der Waals surface area (Å²) in [5.74, 6) is 0.177. The van der Waals surface area contributed by atoms with Gasteiger partial charge in [0.1, 0.15) is 17.3 Å². The molecule has 1 fully saturated rings. The third kappa shape index (κ3) is 5.32. The van der Waals surface area contributed by atoms with Gasteiger partial charge in [0.15, 0.2) is 0 Å². The monoisotopic (exact) mass is 490 g/mol. The van der Waals surface area contributed by atoms with Gasteiger partial charge < -0.3 is 28.3 Å². The van der Waals surface area contributed by atoms with Gasteiger partial charge in [-0.2, -0.15) is 0 Å². The Morgan fingerprint density at radius 3 is 2.39 bits per heavy atom. The minimum Gasteiger partial charge on any atom is -0.549 e. The number of benzene rings is 2. The number of hydrogen-bond acceptors (Lipinski definition) is 7. The molecule has 0 aliphatic carbocycles. The summed E-state index contributed by atoms with van der Waals surface area (Å²) in [6.07, 6.45) is 1.40. The van der Waals surface area contributed by atoms with Crippen molar-refractivity contribution >= 4 is 30.4 Å². The van der Waals surface area contributed by atoms with Gasteiger partial charge in [0.25, 0.3) is 0 Å². The van der Waals surface area contributed by atoms with E-state index in [1.807, 2.05) is 0 Å². The molecule has 1 aliphatic rings. The second kappa shape index (κ2) is 10.1. The predicted octanol–water partition coefficient (Wildman–Crippen LogP) is 3.77. The highest BCUT2D eigenvalue weighted by Crippen LogP contribution is 2.57. The van der Waals surface area contributed by atoms with E-state index in [0.29, 0.717) is 34.0 Å². The molecule has 0 bridgehead atoms. The van der Waals surface area contributed by atoms with Crippen LogP contribution in [0.1, 0.15) is 18.2 Å². The molecule has 1 aliphatic heterocycles. The van der Waals surface area contributed by atoms with Crippen molar-refractivity contribution < 1.29 is 32.9 Å². The highest BCUT2D eigenvalue weighted by atomic mass is 35.5. The van der Waals surface area contributed by atoms with Crippen molar-refractivity contribution in [2.75, 3.05) is 20.3 Å². The van der Waals surface area contributed by atoms with Gasteiger partial charge in [0, 0.05) is 18.7 Å². The smallest absolute Gasteiger partial charge is 0.303 e. The Morgan fingerprint density at radius 2 is 1.82 bits per heavy atom. The number of hydrogen-bond donors (Lipinski definition) is 0. The molecule has 3 unspecified atom stereocenters. The van der Waals surface area contributed by atoms with Crippen molar-refractivity contribution in [3.63, 3.8) is 0 Å². The molecular formula is C23H22ClNO7P-. The Labute approximate surface area is 196 Å². The molecule has 4 rings (SSSR count). The first kappa shape index (κ1) is 23.5. The van der Waals surface area contributed by atoms with Crippen molar-refractivity contribution in [3.8, 4) is 11.5 Å². The Morgan fingerprint density at radius 1 is 1.15 bits per heavy atom. The fourth-order valence-corrected chi connectivity index (χ4v) is 6.18. The lowest BCUT2D eigenvalue weighted by atomic mass is 10.1. The molecule has 0 amide bonds. The van der Waals surface area contributed by atoms with Crippen LogP contribution in [0.25, 0.3) is 0 Å². The summed E-state index contributed by atoms with van der Waals surface area (Å²) >= 11 is 5.90. The molecule has 174 valence electrons. The molecule has 3 aromatic rings. The SMILES string of the molecule is COC1COP(=O)(c2ccc(Oc3ccc(Cl)cc3)cc2)N(CC(=O)[O-])C(c2ccco2)C1. The van der Waals surface area contributed by atoms with E-state index in [1.165, 1.54) is 18.0 Å². The summed E-state index contributed by atoms with van der Waals surface area (Å²) in [5, 5.41) is 12.5. The number of furan rings is 1. The third-order valence-electron chi connectivity index (χ3n) is 5.33. The molecule has 0 N–H and O–H groups in total. The number of carbonyl (C=O) groups is 1. The van der Waals surface area contributed by atoms with E-state index in [2.05, 4.69) is 0 Å². The van der Waals surface area contributed by atoms with Crippen LogP contribution in [-0.2, 0) is 18.6 Å². The maximum Gasteiger partial charge on any atom is 0.303 e. The number of rotatable bonds is 7. The first-order valence-electron chi connectivity index (χ1n) is 10.2. The van der Waals surface area contributed by atoms with Crippen LogP contribution in [0.5, 0.6) is 11.5 Å². The number of carboxylic acids is 1. The number of carboxylic acid groups (broad SMARTS) is 1. The molecule has 0 spiro atoms. The standard InChI is InChI=1S/C23H23ClNO7P/c1-29-19-13-21(22-3-2-12-30-22)25(14-23(26)27)33(28,31-15-19)20-10-8-18(9-11-20)32-17-6-4-16(24)5-7-17/h2-12,19,21H,13-15H2,1H3,(H,26,27)/p-1. The summed E-state index contributed by atoms with van der Waals surface area (Å²) in [7, 11) is -2.31. The normalized spacial score (nSPS) is 23.7. The average Bonchev–Trinajstić information content (AvgIpc) is 3.30. The lowest BCUT2D eigenvalue weighted by Crippen LogP contribution is -2.40. The van der Waals surface area contributed by atoms with E-state index in [-0.39, 0.29) is 6.61 Å². The Kier molecular flexibility index (Phi) is 7.22. The zero-order valence-corrected chi connectivity index (χ0v) is 19.4. The van der Waals surface area contributed by atoms with E-state index in [4.69, 9.17) is 30.0 Å². The first-order valence-corrected chi connectivity index (χ1v) is 12.2. The highest BCUT2D eigenvalue weighted by molar-refractivity contribution is 7.64. The van der Waals surface area contributed by atoms with E-state index >= 15 is 0 Å². The lowest BCUT2D eigenvalue weighted by molar-refractivity contribution is -0.305. The van der Waals surface area contributed by atoms with Crippen LogP contribution >= 0.6 is 19.1 Å². The third-order valence-corrected chi connectivity index (χ3v) is 8.13. The topological polar surface area (TPSA) is 101 Å². The summed E-state index contributed by atoms with van der Waals surface area (Å²) < 4.78 is 38.2. The van der Waals surface area contributed by atoms with Crippen LogP contribution in [0, 0.1) is 0 Å². The van der Waals surface area contributed by atoms with Crippen LogP contribution < -0.4 is 15.1 Å². The lowest BCUT2D eigenvalue weighted by Gasteiger charge is -2.34. The maximum absolute atomic E-state index is 14.3. The van der Waals surface area contributed by atoms with Crippen molar-refractivity contribution in [1.29, 1.82) is 0 Å². The van der Waals surface area contributed by atoms with E-state index < -0.39 is 32.2 Å². The number of halogens is 1. The van der Waals surface area contributed by atoms with Crippen molar-refractivity contribution in [2.24, 2.45) is 0 Å². The van der Waals surface area contributed by atoms with E-state index in [1.54, 1.807) is 60.7 Å². The van der Waals surface area contributed by atoms with Gasteiger partial charge in [-0.15, -0.1) is 0 Å². The molecule has 0 radical (unpaired) electrons. The summed E-state index contributed by atoms with van der Waals surface area (Å²) in [4.78, 5) is 11.6. The van der Waals surface area contributed by atoms with Crippen LogP contribution in [0.15, 0.2) is 71.3 Å². The Balaban J connectivity index is 1.68. The van der Waals surface area contributed by atoms with Crippen molar-refractivity contribution in [3.05, 3.63) is 77.7 Å². The molecule has 1 saturated heterocycles. The van der Waals surface area contributed by atoms with Gasteiger partial charge in [0.2, 0.25) is 0 Å². The van der Waals surface area contributed by atoms with Crippen LogP contribution in [0.2, 0.25) is 5.02 Å². The van der Waals surface area contributed by atoms with Crippen molar-refractivity contribution in [1.82, 2.24) is 4.67 Å². The molecule has 8 nitrogen and oxygen atoms in total. The van der Waals surface area contributed by atoms with E-state index in [0.717, 1.165) is 0 Å². The summed E-state index contributed by atoms with van der Waals surface area (Å²) in [5.41, 5.74) is 0. The van der Waals surface area contributed by atoms with Crippen LogP contribution in [0.3, 0.4) is 0 Å². The molecule has 0 saturated carbocycles. The predicted molar refractivity (Wildman–Crippen MR) is 120 cm³/mol. The summed E-state index contributed by atoms with van der Waals surface area (Å²) in [6, 6.07) is 16.1. The molecule has 1 aromatic heterocycles. The fourth-order valence-electron chi connectivity index (χ4n) is 3.69. The van der Waals surface area contributed by atoms with Crippen LogP contribution in [0.4, 0.5) is 0 Å². The number of carbonyl (C=O) groups excluding carboxylic acids is 1. The highest BCUT2D eigenvalue weighted by Gasteiger charge is 2.44. The number of methoxy groups -OCH3 is 1. The molecule has 10 heteroatoms. The van der Waals surface area contributed by atoms with Gasteiger partial charge in [-0.05, 0) is 67.1 Å². The van der Waals surface area contributed by atoms with Gasteiger partial charge in [0.05, 0.1) is 36.3 Å². The number of aliphatic carboxylic acids is 1.